The number of hydrogen-bond donors (Lipinski definition) is 1. The third kappa shape index (κ3) is 1.88. The molecule has 0 unspecified atom stereocenters. The minimum Gasteiger partial charge on any atom is -0.313 e. The standard InChI is InChI=1S/C19H23N/c1-2-3-8-19-18-11-15(12-20-19)16-9-13-6-4-5-7-14(13)10-17(16)18/h4-7,9-10,15,18-20H,2-3,8,11-12H2,1H3/t15-,18-,19-/m1/s1. The molecule has 1 saturated heterocycles. The lowest BCUT2D eigenvalue weighted by Crippen LogP contribution is -2.39. The lowest BCUT2D eigenvalue weighted by molar-refractivity contribution is 0.329. The molecule has 0 saturated carbocycles. The molecule has 2 aromatic carbocycles. The number of nitrogens with one attached hydrogen (secondary N) is 1. The second-order valence-electron chi connectivity index (χ2n) is 6.52. The van der Waals surface area contributed by atoms with E-state index in [4.69, 9.17) is 0 Å². The summed E-state index contributed by atoms with van der Waals surface area (Å²) >= 11 is 0. The maximum absolute atomic E-state index is 3.82. The summed E-state index contributed by atoms with van der Waals surface area (Å²) in [7, 11) is 0. The summed E-state index contributed by atoms with van der Waals surface area (Å²) in [6.45, 7) is 3.47. The topological polar surface area (TPSA) is 12.0 Å². The minimum absolute atomic E-state index is 0.702. The maximum Gasteiger partial charge on any atom is 0.0136 e. The second-order valence-corrected chi connectivity index (χ2v) is 6.52. The fourth-order valence-corrected chi connectivity index (χ4v) is 4.25. The van der Waals surface area contributed by atoms with Crippen LogP contribution in [0.25, 0.3) is 10.8 Å². The van der Waals surface area contributed by atoms with Crippen molar-refractivity contribution in [2.24, 2.45) is 0 Å². The van der Waals surface area contributed by atoms with Crippen LogP contribution in [0.15, 0.2) is 36.4 Å². The maximum atomic E-state index is 3.82. The number of hydrogen-bond acceptors (Lipinski definition) is 1. The Morgan fingerprint density at radius 2 is 1.85 bits per heavy atom. The van der Waals surface area contributed by atoms with Gasteiger partial charge < -0.3 is 5.32 Å². The average Bonchev–Trinajstić information content (AvgIpc) is 2.78. The Kier molecular flexibility index (Phi) is 3.03. The molecular formula is C19H23N. The minimum atomic E-state index is 0.702. The summed E-state index contributed by atoms with van der Waals surface area (Å²) in [5, 5.41) is 6.63. The highest BCUT2D eigenvalue weighted by atomic mass is 14.9. The van der Waals surface area contributed by atoms with E-state index in [2.05, 4.69) is 48.6 Å². The van der Waals surface area contributed by atoms with Crippen LogP contribution in [-0.4, -0.2) is 12.6 Å². The van der Waals surface area contributed by atoms with Crippen LogP contribution >= 0.6 is 0 Å². The number of benzene rings is 2. The van der Waals surface area contributed by atoms with Gasteiger partial charge in [-0.1, -0.05) is 56.2 Å². The molecule has 1 aliphatic carbocycles. The summed E-state index contributed by atoms with van der Waals surface area (Å²) in [5.41, 5.74) is 3.26. The monoisotopic (exact) mass is 265 g/mol. The fraction of sp³-hybridized carbons (Fsp3) is 0.474. The van der Waals surface area contributed by atoms with E-state index in [1.54, 1.807) is 11.1 Å². The largest absolute Gasteiger partial charge is 0.313 e. The highest BCUT2D eigenvalue weighted by Gasteiger charge is 2.39. The number of rotatable bonds is 3. The third-order valence-electron chi connectivity index (χ3n) is 5.31. The Morgan fingerprint density at radius 1 is 1.10 bits per heavy atom. The zero-order valence-corrected chi connectivity index (χ0v) is 12.2. The molecule has 1 fully saturated rings. The Labute approximate surface area is 121 Å². The third-order valence-corrected chi connectivity index (χ3v) is 5.31. The first kappa shape index (κ1) is 12.4. The van der Waals surface area contributed by atoms with Gasteiger partial charge in [0.25, 0.3) is 0 Å². The first-order valence-electron chi connectivity index (χ1n) is 8.13. The molecule has 2 aromatic rings. The van der Waals surface area contributed by atoms with Crippen molar-refractivity contribution in [2.75, 3.05) is 6.54 Å². The van der Waals surface area contributed by atoms with Crippen LogP contribution in [0.4, 0.5) is 0 Å². The summed E-state index contributed by atoms with van der Waals surface area (Å²) in [6.07, 6.45) is 5.36. The van der Waals surface area contributed by atoms with Gasteiger partial charge in [-0.3, -0.25) is 0 Å². The van der Waals surface area contributed by atoms with Crippen molar-refractivity contribution in [2.45, 2.75) is 50.5 Å². The van der Waals surface area contributed by atoms with E-state index in [9.17, 15) is 0 Å². The molecule has 2 aliphatic rings. The van der Waals surface area contributed by atoms with E-state index in [1.807, 2.05) is 0 Å². The normalized spacial score (nSPS) is 27.8. The lowest BCUT2D eigenvalue weighted by Gasteiger charge is -2.30. The summed E-state index contributed by atoms with van der Waals surface area (Å²) in [4.78, 5) is 0. The Morgan fingerprint density at radius 3 is 2.60 bits per heavy atom. The number of fused-ring (bicyclic) bond motifs is 6. The molecule has 1 nitrogen and oxygen atoms in total. The van der Waals surface area contributed by atoms with Gasteiger partial charge in [0.2, 0.25) is 0 Å². The molecule has 1 heteroatoms. The van der Waals surface area contributed by atoms with Crippen molar-refractivity contribution >= 4 is 10.8 Å². The molecule has 2 bridgehead atoms. The molecule has 3 atom stereocenters. The van der Waals surface area contributed by atoms with Crippen molar-refractivity contribution < 1.29 is 0 Å². The molecule has 0 spiro atoms. The van der Waals surface area contributed by atoms with Gasteiger partial charge in [-0.05, 0) is 40.7 Å². The molecule has 1 aliphatic heterocycles. The van der Waals surface area contributed by atoms with E-state index >= 15 is 0 Å². The number of piperidine rings is 1. The van der Waals surface area contributed by atoms with Crippen LogP contribution in [0.3, 0.4) is 0 Å². The first-order chi connectivity index (χ1) is 9.86. The smallest absolute Gasteiger partial charge is 0.0136 e. The van der Waals surface area contributed by atoms with E-state index < -0.39 is 0 Å². The van der Waals surface area contributed by atoms with E-state index in [-0.39, 0.29) is 0 Å². The number of unbranched alkanes of at least 4 members (excludes halogenated alkanes) is 1. The zero-order valence-electron chi connectivity index (χ0n) is 12.2. The van der Waals surface area contributed by atoms with Crippen LogP contribution < -0.4 is 5.32 Å². The fourth-order valence-electron chi connectivity index (χ4n) is 4.25. The summed E-state index contributed by atoms with van der Waals surface area (Å²) in [5.74, 6) is 1.50. The van der Waals surface area contributed by atoms with Crippen molar-refractivity contribution in [1.82, 2.24) is 5.32 Å². The van der Waals surface area contributed by atoms with Gasteiger partial charge in [0.15, 0.2) is 0 Å². The van der Waals surface area contributed by atoms with E-state index in [1.165, 1.54) is 43.0 Å². The van der Waals surface area contributed by atoms with Crippen LogP contribution in [-0.2, 0) is 0 Å². The molecule has 4 rings (SSSR count). The van der Waals surface area contributed by atoms with Crippen LogP contribution in [0.5, 0.6) is 0 Å². The zero-order chi connectivity index (χ0) is 13.5. The quantitative estimate of drug-likeness (QED) is 0.857. The van der Waals surface area contributed by atoms with Gasteiger partial charge in [-0.2, -0.15) is 0 Å². The molecule has 0 aromatic heterocycles. The van der Waals surface area contributed by atoms with Gasteiger partial charge >= 0.3 is 0 Å². The van der Waals surface area contributed by atoms with Crippen molar-refractivity contribution in [3.8, 4) is 0 Å². The van der Waals surface area contributed by atoms with Gasteiger partial charge in [0.1, 0.15) is 0 Å². The SMILES string of the molecule is CCCC[C@H]1NC[C@H]2C[C@@H]1c1cc3ccccc3cc12. The van der Waals surface area contributed by atoms with E-state index in [0.29, 0.717) is 6.04 Å². The van der Waals surface area contributed by atoms with Gasteiger partial charge in [0.05, 0.1) is 0 Å². The summed E-state index contributed by atoms with van der Waals surface area (Å²) in [6, 6.07) is 14.4. The van der Waals surface area contributed by atoms with Crippen LogP contribution in [0, 0.1) is 0 Å². The Hall–Kier alpha value is -1.34. The van der Waals surface area contributed by atoms with E-state index in [0.717, 1.165) is 11.8 Å². The predicted molar refractivity (Wildman–Crippen MR) is 85.4 cm³/mol. The first-order valence-corrected chi connectivity index (χ1v) is 8.13. The van der Waals surface area contributed by atoms with Gasteiger partial charge in [-0.15, -0.1) is 0 Å². The molecule has 1 N–H and O–H groups in total. The Bertz CT molecular complexity index is 631. The van der Waals surface area contributed by atoms with Crippen molar-refractivity contribution in [1.29, 1.82) is 0 Å². The van der Waals surface area contributed by atoms with Crippen molar-refractivity contribution in [3.05, 3.63) is 47.5 Å². The molecule has 0 radical (unpaired) electrons. The highest BCUT2D eigenvalue weighted by Crippen LogP contribution is 2.48. The Balaban J connectivity index is 1.76. The van der Waals surface area contributed by atoms with Crippen LogP contribution in [0.1, 0.15) is 55.6 Å². The lowest BCUT2D eigenvalue weighted by atomic mass is 9.86. The van der Waals surface area contributed by atoms with Gasteiger partial charge in [0, 0.05) is 18.5 Å². The molecular weight excluding hydrogens is 242 g/mol. The molecule has 1 heterocycles. The summed E-state index contributed by atoms with van der Waals surface area (Å²) < 4.78 is 0. The molecule has 0 amide bonds. The second kappa shape index (κ2) is 4.89. The van der Waals surface area contributed by atoms with Gasteiger partial charge in [-0.25, -0.2) is 0 Å². The molecule has 20 heavy (non-hydrogen) atoms. The van der Waals surface area contributed by atoms with Crippen LogP contribution in [0.2, 0.25) is 0 Å². The predicted octanol–water partition coefficient (Wildman–Crippen LogP) is 4.57. The van der Waals surface area contributed by atoms with Crippen molar-refractivity contribution in [3.63, 3.8) is 0 Å². The highest BCUT2D eigenvalue weighted by molar-refractivity contribution is 5.85. The average molecular weight is 265 g/mol. The molecule has 104 valence electrons.